The number of hydrogen-bond acceptors (Lipinski definition) is 5. The standard InChI is InChI=1S/C20H20N2O3S.C2HF3O2/c23-26(24,14-4-2-1-3-5-14)15-6-7-16-17-8-10-21-20(9-11-25-13-20)19(17)22-18(16)12-15;3-2(4,5)1(6)7/h1-7,12,21-22H,8-11,13H2;(H,6,7). The van der Waals surface area contributed by atoms with E-state index in [1.807, 2.05) is 12.1 Å². The van der Waals surface area contributed by atoms with Crippen LogP contribution in [-0.2, 0) is 31.3 Å². The molecule has 1 spiro atoms. The molecule has 0 aliphatic carbocycles. The second-order valence-corrected chi connectivity index (χ2v) is 9.82. The Hall–Kier alpha value is -2.89. The summed E-state index contributed by atoms with van der Waals surface area (Å²) < 4.78 is 63.2. The first-order valence-corrected chi connectivity index (χ1v) is 11.6. The molecule has 2 aromatic carbocycles. The third-order valence-electron chi connectivity index (χ3n) is 5.82. The summed E-state index contributed by atoms with van der Waals surface area (Å²) in [6.45, 7) is 2.31. The summed E-state index contributed by atoms with van der Waals surface area (Å²) in [6, 6.07) is 14.0. The van der Waals surface area contributed by atoms with Crippen molar-refractivity contribution in [2.75, 3.05) is 19.8 Å². The van der Waals surface area contributed by atoms with Crippen molar-refractivity contribution in [2.45, 2.75) is 34.3 Å². The van der Waals surface area contributed by atoms with Gasteiger partial charge in [-0.05, 0) is 42.7 Å². The van der Waals surface area contributed by atoms with E-state index < -0.39 is 22.0 Å². The fourth-order valence-corrected chi connectivity index (χ4v) is 5.53. The Bertz CT molecular complexity index is 1280. The molecular formula is C22H21F3N2O5S. The number of aliphatic carboxylic acids is 1. The minimum atomic E-state index is -5.08. The fourth-order valence-electron chi connectivity index (χ4n) is 4.22. The van der Waals surface area contributed by atoms with Crippen LogP contribution in [0.2, 0.25) is 0 Å². The Balaban J connectivity index is 0.000000325. The van der Waals surface area contributed by atoms with Gasteiger partial charge in [-0.1, -0.05) is 24.3 Å². The number of nitrogens with one attached hydrogen (secondary N) is 2. The molecule has 0 radical (unpaired) electrons. The van der Waals surface area contributed by atoms with Gasteiger partial charge in [0, 0.05) is 29.7 Å². The molecular weight excluding hydrogens is 461 g/mol. The highest BCUT2D eigenvalue weighted by atomic mass is 32.2. The van der Waals surface area contributed by atoms with E-state index in [1.54, 1.807) is 36.4 Å². The van der Waals surface area contributed by atoms with Gasteiger partial charge in [0.2, 0.25) is 9.84 Å². The Labute approximate surface area is 187 Å². The average molecular weight is 482 g/mol. The third kappa shape index (κ3) is 4.35. The SMILES string of the molecule is O=C(O)C(F)(F)F.O=S(=O)(c1ccccc1)c1ccc2c3c([nH]c2c1)C1(CCOC1)NCC3. The van der Waals surface area contributed by atoms with Crippen LogP contribution in [0.25, 0.3) is 10.9 Å². The molecule has 0 bridgehead atoms. The quantitative estimate of drug-likeness (QED) is 0.517. The molecule has 176 valence electrons. The molecule has 3 heterocycles. The molecule has 7 nitrogen and oxygen atoms in total. The Morgan fingerprint density at radius 1 is 1.09 bits per heavy atom. The van der Waals surface area contributed by atoms with E-state index in [0.29, 0.717) is 16.4 Å². The summed E-state index contributed by atoms with van der Waals surface area (Å²) in [7, 11) is -3.52. The molecule has 33 heavy (non-hydrogen) atoms. The molecule has 1 fully saturated rings. The minimum Gasteiger partial charge on any atom is -0.475 e. The van der Waals surface area contributed by atoms with E-state index in [-0.39, 0.29) is 5.54 Å². The number of carboxylic acids is 1. The van der Waals surface area contributed by atoms with Crippen LogP contribution >= 0.6 is 0 Å². The molecule has 1 atom stereocenters. The number of hydrogen-bond donors (Lipinski definition) is 3. The van der Waals surface area contributed by atoms with Gasteiger partial charge in [-0.25, -0.2) is 13.2 Å². The minimum absolute atomic E-state index is 0.162. The van der Waals surface area contributed by atoms with Gasteiger partial charge in [-0.2, -0.15) is 13.2 Å². The second-order valence-electron chi connectivity index (χ2n) is 7.87. The zero-order valence-electron chi connectivity index (χ0n) is 17.3. The van der Waals surface area contributed by atoms with E-state index in [1.165, 1.54) is 5.56 Å². The number of ether oxygens (including phenoxy) is 1. The lowest BCUT2D eigenvalue weighted by atomic mass is 9.86. The van der Waals surface area contributed by atoms with Gasteiger partial charge in [0.25, 0.3) is 0 Å². The maximum Gasteiger partial charge on any atom is 0.490 e. The van der Waals surface area contributed by atoms with Crippen molar-refractivity contribution in [1.29, 1.82) is 0 Å². The number of fused-ring (bicyclic) bond motifs is 4. The van der Waals surface area contributed by atoms with E-state index >= 15 is 0 Å². The fraction of sp³-hybridized carbons (Fsp3) is 0.318. The molecule has 5 rings (SSSR count). The predicted molar refractivity (Wildman–Crippen MR) is 113 cm³/mol. The van der Waals surface area contributed by atoms with Crippen molar-refractivity contribution in [1.82, 2.24) is 10.3 Å². The van der Waals surface area contributed by atoms with Gasteiger partial charge >= 0.3 is 12.1 Å². The Kier molecular flexibility index (Phi) is 5.97. The Morgan fingerprint density at radius 2 is 1.79 bits per heavy atom. The first kappa shape index (κ1) is 23.3. The monoisotopic (exact) mass is 482 g/mol. The lowest BCUT2D eigenvalue weighted by molar-refractivity contribution is -0.192. The molecule has 0 saturated carbocycles. The highest BCUT2D eigenvalue weighted by Crippen LogP contribution is 2.39. The number of aromatic nitrogens is 1. The molecule has 1 aromatic heterocycles. The number of aromatic amines is 1. The van der Waals surface area contributed by atoms with Crippen LogP contribution in [0.5, 0.6) is 0 Å². The van der Waals surface area contributed by atoms with Crippen LogP contribution in [0.15, 0.2) is 58.3 Å². The van der Waals surface area contributed by atoms with E-state index in [0.717, 1.165) is 42.6 Å². The van der Waals surface area contributed by atoms with Crippen LogP contribution in [0, 0.1) is 0 Å². The molecule has 3 aromatic rings. The average Bonchev–Trinajstić information content (AvgIpc) is 3.40. The van der Waals surface area contributed by atoms with Gasteiger partial charge < -0.3 is 20.1 Å². The summed E-state index contributed by atoms with van der Waals surface area (Å²) >= 11 is 0. The van der Waals surface area contributed by atoms with Crippen molar-refractivity contribution in [3.8, 4) is 0 Å². The van der Waals surface area contributed by atoms with Gasteiger partial charge in [0.15, 0.2) is 0 Å². The summed E-state index contributed by atoms with van der Waals surface area (Å²) in [4.78, 5) is 13.0. The van der Waals surface area contributed by atoms with E-state index in [9.17, 15) is 21.6 Å². The van der Waals surface area contributed by atoms with Crippen LogP contribution in [-0.4, -0.2) is 50.4 Å². The van der Waals surface area contributed by atoms with Gasteiger partial charge in [-0.3, -0.25) is 0 Å². The number of halogens is 3. The molecule has 11 heteroatoms. The zero-order valence-corrected chi connectivity index (χ0v) is 18.1. The van der Waals surface area contributed by atoms with Gasteiger partial charge in [0.1, 0.15) is 0 Å². The predicted octanol–water partition coefficient (Wildman–Crippen LogP) is 3.40. The van der Waals surface area contributed by atoms with Crippen LogP contribution in [0.3, 0.4) is 0 Å². The lowest BCUT2D eigenvalue weighted by Crippen LogP contribution is -2.47. The zero-order chi connectivity index (χ0) is 23.9. The molecule has 2 aliphatic heterocycles. The number of rotatable bonds is 2. The van der Waals surface area contributed by atoms with Crippen LogP contribution < -0.4 is 5.32 Å². The second kappa shape index (κ2) is 8.47. The smallest absolute Gasteiger partial charge is 0.475 e. The van der Waals surface area contributed by atoms with Crippen molar-refractivity contribution >= 4 is 26.7 Å². The van der Waals surface area contributed by atoms with Crippen molar-refractivity contribution in [3.63, 3.8) is 0 Å². The highest BCUT2D eigenvalue weighted by molar-refractivity contribution is 7.91. The van der Waals surface area contributed by atoms with Crippen LogP contribution in [0.1, 0.15) is 17.7 Å². The third-order valence-corrected chi connectivity index (χ3v) is 7.59. The Morgan fingerprint density at radius 3 is 2.39 bits per heavy atom. The topological polar surface area (TPSA) is 108 Å². The van der Waals surface area contributed by atoms with Gasteiger partial charge in [0.05, 0.1) is 21.9 Å². The molecule has 3 N–H and O–H groups in total. The van der Waals surface area contributed by atoms with Crippen molar-refractivity contribution in [3.05, 3.63) is 59.8 Å². The summed E-state index contributed by atoms with van der Waals surface area (Å²) in [5.41, 5.74) is 3.16. The number of sulfone groups is 1. The number of alkyl halides is 3. The van der Waals surface area contributed by atoms with Crippen molar-refractivity contribution in [2.24, 2.45) is 0 Å². The number of carbonyl (C=O) groups is 1. The lowest BCUT2D eigenvalue weighted by Gasteiger charge is -2.33. The normalized spacial score (nSPS) is 20.3. The molecule has 1 saturated heterocycles. The number of H-pyrrole nitrogens is 1. The summed E-state index contributed by atoms with van der Waals surface area (Å²) in [5, 5.41) is 11.8. The van der Waals surface area contributed by atoms with Gasteiger partial charge in [-0.15, -0.1) is 0 Å². The van der Waals surface area contributed by atoms with Crippen LogP contribution in [0.4, 0.5) is 13.2 Å². The molecule has 1 unspecified atom stereocenters. The number of carboxylic acid groups (broad SMARTS) is 1. The maximum atomic E-state index is 12.9. The first-order chi connectivity index (χ1) is 15.5. The highest BCUT2D eigenvalue weighted by Gasteiger charge is 2.42. The molecule has 2 aliphatic rings. The van der Waals surface area contributed by atoms with Crippen molar-refractivity contribution < 1.29 is 36.2 Å². The first-order valence-electron chi connectivity index (χ1n) is 10.1. The van der Waals surface area contributed by atoms with E-state index in [2.05, 4.69) is 10.3 Å². The summed E-state index contributed by atoms with van der Waals surface area (Å²) in [5.74, 6) is -2.76. The maximum absolute atomic E-state index is 12.9. The largest absolute Gasteiger partial charge is 0.490 e. The summed E-state index contributed by atoms with van der Waals surface area (Å²) in [6.07, 6.45) is -3.22. The number of benzene rings is 2. The van der Waals surface area contributed by atoms with E-state index in [4.69, 9.17) is 14.6 Å². The molecule has 0 amide bonds.